The van der Waals surface area contributed by atoms with E-state index in [1.54, 1.807) is 14.2 Å². The van der Waals surface area contributed by atoms with Crippen LogP contribution in [0.1, 0.15) is 22.3 Å². The topological polar surface area (TPSA) is 34.1 Å². The second-order valence-corrected chi connectivity index (χ2v) is 10.2. The molecule has 0 fully saturated rings. The summed E-state index contributed by atoms with van der Waals surface area (Å²) in [6.45, 7) is 0.903. The van der Waals surface area contributed by atoms with Crippen molar-refractivity contribution in [2.75, 3.05) is 14.2 Å². The number of hydrogen-bond acceptors (Lipinski definition) is 4. The third-order valence-corrected chi connectivity index (χ3v) is 7.44. The van der Waals surface area contributed by atoms with E-state index in [0.29, 0.717) is 24.0 Å². The van der Waals surface area contributed by atoms with E-state index in [2.05, 4.69) is 0 Å². The van der Waals surface area contributed by atoms with Crippen molar-refractivity contribution in [2.45, 2.75) is 25.0 Å². The smallest absolute Gasteiger partial charge is 0.416 e. The van der Waals surface area contributed by atoms with E-state index in [9.17, 15) is 13.2 Å². The Morgan fingerprint density at radius 2 is 1.32 bits per heavy atom. The van der Waals surface area contributed by atoms with Gasteiger partial charge >= 0.3 is 6.18 Å². The summed E-state index contributed by atoms with van der Waals surface area (Å²) in [6, 6.07) is 28.3. The molecule has 0 saturated heterocycles. The predicted molar refractivity (Wildman–Crippen MR) is 157 cm³/mol. The lowest BCUT2D eigenvalue weighted by Gasteiger charge is -2.27. The van der Waals surface area contributed by atoms with E-state index in [1.807, 2.05) is 83.8 Å². The molecule has 9 heteroatoms. The number of hydrogen-bond donors (Lipinski definition) is 0. The molecule has 0 radical (unpaired) electrons. The SMILES string of the molecule is COc1ccc(CN(Cc2ccc(OC)cc2)C(=Nc2cc(C(F)(F)F)ccc2Cl)SCc2ccccc2)cc1. The Labute approximate surface area is 241 Å². The quantitative estimate of drug-likeness (QED) is 0.145. The normalized spacial score (nSPS) is 11.8. The highest BCUT2D eigenvalue weighted by atomic mass is 35.5. The van der Waals surface area contributed by atoms with Crippen molar-refractivity contribution in [1.82, 2.24) is 4.90 Å². The molecule has 0 heterocycles. The fourth-order valence-corrected chi connectivity index (χ4v) is 5.01. The van der Waals surface area contributed by atoms with Crippen molar-refractivity contribution >= 4 is 34.2 Å². The maximum atomic E-state index is 13.5. The molecule has 0 unspecified atom stereocenters. The Balaban J connectivity index is 1.76. The van der Waals surface area contributed by atoms with Crippen LogP contribution in [0, 0.1) is 0 Å². The third-order valence-electron chi connectivity index (χ3n) is 6.04. The molecule has 4 aromatic rings. The molecular formula is C31H28ClF3N2O2S. The van der Waals surface area contributed by atoms with Gasteiger partial charge in [0.15, 0.2) is 5.17 Å². The lowest BCUT2D eigenvalue weighted by atomic mass is 10.1. The maximum absolute atomic E-state index is 13.5. The summed E-state index contributed by atoms with van der Waals surface area (Å²) in [5.74, 6) is 2.03. The number of aliphatic imine (C=N–C) groups is 1. The standard InChI is InChI=1S/C31H28ClF3N2O2S/c1-38-26-13-8-22(9-14-26)19-37(20-23-10-15-27(39-2)16-11-23)30(40-21-24-6-4-3-5-7-24)36-29-18-25(31(33,34)35)12-17-28(29)32/h3-18H,19-21H2,1-2H3. The first kappa shape index (κ1) is 29.4. The van der Waals surface area contributed by atoms with Crippen molar-refractivity contribution in [3.8, 4) is 11.5 Å². The van der Waals surface area contributed by atoms with Gasteiger partial charge in [-0.15, -0.1) is 0 Å². The monoisotopic (exact) mass is 584 g/mol. The van der Waals surface area contributed by atoms with Crippen LogP contribution >= 0.6 is 23.4 Å². The molecule has 0 aromatic heterocycles. The van der Waals surface area contributed by atoms with Crippen LogP contribution in [0.15, 0.2) is 102 Å². The fraction of sp³-hybridized carbons (Fsp3) is 0.194. The number of thioether (sulfide) groups is 1. The highest BCUT2D eigenvalue weighted by Crippen LogP contribution is 2.36. The van der Waals surface area contributed by atoms with Crippen LogP contribution in [0.5, 0.6) is 11.5 Å². The molecule has 4 aromatic carbocycles. The number of benzene rings is 4. The summed E-state index contributed by atoms with van der Waals surface area (Å²) in [4.78, 5) is 6.77. The summed E-state index contributed by atoms with van der Waals surface area (Å²) in [5.41, 5.74) is 2.28. The minimum Gasteiger partial charge on any atom is -0.497 e. The summed E-state index contributed by atoms with van der Waals surface area (Å²) < 4.78 is 51.2. The largest absolute Gasteiger partial charge is 0.497 e. The van der Waals surface area contributed by atoms with E-state index < -0.39 is 11.7 Å². The van der Waals surface area contributed by atoms with E-state index >= 15 is 0 Å². The number of rotatable bonds is 9. The Bertz CT molecular complexity index is 1360. The highest BCUT2D eigenvalue weighted by molar-refractivity contribution is 8.13. The average molecular weight is 585 g/mol. The van der Waals surface area contributed by atoms with Crippen molar-refractivity contribution in [3.63, 3.8) is 0 Å². The Hall–Kier alpha value is -3.62. The van der Waals surface area contributed by atoms with Crippen molar-refractivity contribution in [1.29, 1.82) is 0 Å². The summed E-state index contributed by atoms with van der Waals surface area (Å²) >= 11 is 7.81. The van der Waals surface area contributed by atoms with Gasteiger partial charge in [-0.05, 0) is 59.2 Å². The number of methoxy groups -OCH3 is 2. The van der Waals surface area contributed by atoms with Gasteiger partial charge in [-0.3, -0.25) is 0 Å². The second-order valence-electron chi connectivity index (χ2n) is 8.88. The molecule has 0 bridgehead atoms. The molecule has 0 aliphatic rings. The molecule has 4 rings (SSSR count). The molecule has 40 heavy (non-hydrogen) atoms. The van der Waals surface area contributed by atoms with Crippen LogP contribution in [0.2, 0.25) is 5.02 Å². The van der Waals surface area contributed by atoms with Crippen molar-refractivity contribution in [3.05, 3.63) is 124 Å². The zero-order valence-corrected chi connectivity index (χ0v) is 23.6. The number of alkyl halides is 3. The fourth-order valence-electron chi connectivity index (χ4n) is 3.89. The number of ether oxygens (including phenoxy) is 2. The Morgan fingerprint density at radius 1 is 0.775 bits per heavy atom. The summed E-state index contributed by atoms with van der Waals surface area (Å²) in [5, 5.41) is 0.677. The van der Waals surface area contributed by atoms with Crippen LogP contribution in [-0.2, 0) is 25.0 Å². The van der Waals surface area contributed by atoms with Crippen LogP contribution in [0.4, 0.5) is 18.9 Å². The molecule has 0 atom stereocenters. The van der Waals surface area contributed by atoms with Crippen LogP contribution in [0.3, 0.4) is 0 Å². The zero-order chi connectivity index (χ0) is 28.5. The molecular weight excluding hydrogens is 557 g/mol. The molecule has 0 spiro atoms. The van der Waals surface area contributed by atoms with Gasteiger partial charge in [0, 0.05) is 18.8 Å². The van der Waals surface area contributed by atoms with E-state index in [4.69, 9.17) is 26.1 Å². The van der Waals surface area contributed by atoms with Crippen molar-refractivity contribution < 1.29 is 22.6 Å². The molecule has 4 nitrogen and oxygen atoms in total. The lowest BCUT2D eigenvalue weighted by Crippen LogP contribution is -2.28. The minimum absolute atomic E-state index is 0.0570. The second kappa shape index (κ2) is 13.6. The number of nitrogens with zero attached hydrogens (tertiary/aromatic N) is 2. The zero-order valence-electron chi connectivity index (χ0n) is 22.0. The van der Waals surface area contributed by atoms with E-state index in [1.165, 1.54) is 17.8 Å². The molecule has 0 N–H and O–H groups in total. The lowest BCUT2D eigenvalue weighted by molar-refractivity contribution is -0.137. The summed E-state index contributed by atoms with van der Waals surface area (Å²) in [7, 11) is 3.21. The van der Waals surface area contributed by atoms with E-state index in [-0.39, 0.29) is 10.7 Å². The number of halogens is 4. The van der Waals surface area contributed by atoms with Crippen LogP contribution < -0.4 is 9.47 Å². The van der Waals surface area contributed by atoms with Gasteiger partial charge in [-0.25, -0.2) is 4.99 Å². The van der Waals surface area contributed by atoms with Crippen LogP contribution in [-0.4, -0.2) is 24.3 Å². The van der Waals surface area contributed by atoms with Gasteiger partial charge in [-0.2, -0.15) is 13.2 Å². The first-order valence-electron chi connectivity index (χ1n) is 12.4. The summed E-state index contributed by atoms with van der Waals surface area (Å²) in [6.07, 6.45) is -4.52. The first-order chi connectivity index (χ1) is 19.2. The first-order valence-corrected chi connectivity index (χ1v) is 13.7. The van der Waals surface area contributed by atoms with Gasteiger partial charge < -0.3 is 14.4 Å². The average Bonchev–Trinajstić information content (AvgIpc) is 2.96. The Kier molecular flexibility index (Phi) is 10.0. The minimum atomic E-state index is -4.52. The molecule has 0 amide bonds. The van der Waals surface area contributed by atoms with Gasteiger partial charge in [0.2, 0.25) is 0 Å². The van der Waals surface area contributed by atoms with Gasteiger partial charge in [0.05, 0.1) is 30.5 Å². The highest BCUT2D eigenvalue weighted by Gasteiger charge is 2.31. The third kappa shape index (κ3) is 8.19. The Morgan fingerprint density at radius 3 is 1.82 bits per heavy atom. The molecule has 0 aliphatic carbocycles. The van der Waals surface area contributed by atoms with Crippen LogP contribution in [0.25, 0.3) is 0 Å². The van der Waals surface area contributed by atoms with Gasteiger partial charge in [0.1, 0.15) is 11.5 Å². The van der Waals surface area contributed by atoms with Gasteiger partial charge in [0.25, 0.3) is 0 Å². The van der Waals surface area contributed by atoms with Gasteiger partial charge in [-0.1, -0.05) is 78.0 Å². The predicted octanol–water partition coefficient (Wildman–Crippen LogP) is 9.00. The molecule has 0 saturated carbocycles. The maximum Gasteiger partial charge on any atom is 0.416 e. The number of amidine groups is 1. The molecule has 0 aliphatic heterocycles. The van der Waals surface area contributed by atoms with Crippen molar-refractivity contribution in [2.24, 2.45) is 4.99 Å². The van der Waals surface area contributed by atoms with E-state index in [0.717, 1.165) is 40.3 Å². The molecule has 208 valence electrons.